The Morgan fingerprint density at radius 3 is 2.87 bits per heavy atom. The number of hydrogen-bond acceptors (Lipinski definition) is 8. The Balaban J connectivity index is 2.03. The van der Waals surface area contributed by atoms with Gasteiger partial charge in [-0.3, -0.25) is 25.0 Å². The van der Waals surface area contributed by atoms with Crippen LogP contribution in [0.3, 0.4) is 0 Å². The summed E-state index contributed by atoms with van der Waals surface area (Å²) >= 11 is 1.03. The maximum Gasteiger partial charge on any atom is 0.312 e. The zero-order valence-corrected chi connectivity index (χ0v) is 12.8. The van der Waals surface area contributed by atoms with Crippen molar-refractivity contribution < 1.29 is 19.2 Å². The molecule has 0 spiro atoms. The van der Waals surface area contributed by atoms with Gasteiger partial charge in [0.1, 0.15) is 5.01 Å². The number of nitrogens with one attached hydrogen (secondary N) is 1. The van der Waals surface area contributed by atoms with Crippen LogP contribution in [0.5, 0.6) is 0 Å². The van der Waals surface area contributed by atoms with Crippen LogP contribution in [-0.2, 0) is 16.0 Å². The lowest BCUT2D eigenvalue weighted by atomic mass is 10.2. The number of ether oxygens (including phenoxy) is 1. The SMILES string of the molecule is CCOC(=O)Cc1nnc(NC(=O)c2cccc([N+](=O)[O-])c2)s1. The Kier molecular flexibility index (Phi) is 5.31. The van der Waals surface area contributed by atoms with Gasteiger partial charge in [0.15, 0.2) is 0 Å². The Hall–Kier alpha value is -2.88. The number of nitrogens with zero attached hydrogens (tertiary/aromatic N) is 3. The zero-order chi connectivity index (χ0) is 16.8. The number of nitro benzene ring substituents is 1. The third-order valence-corrected chi connectivity index (χ3v) is 3.45. The summed E-state index contributed by atoms with van der Waals surface area (Å²) in [7, 11) is 0. The van der Waals surface area contributed by atoms with Crippen LogP contribution >= 0.6 is 11.3 Å². The molecule has 9 nitrogen and oxygen atoms in total. The van der Waals surface area contributed by atoms with Crippen LogP contribution in [0.2, 0.25) is 0 Å². The number of carbonyl (C=O) groups excluding carboxylic acids is 2. The lowest BCUT2D eigenvalue weighted by molar-refractivity contribution is -0.384. The molecule has 0 atom stereocenters. The topological polar surface area (TPSA) is 124 Å². The van der Waals surface area contributed by atoms with Crippen LogP contribution in [-0.4, -0.2) is 33.6 Å². The second kappa shape index (κ2) is 7.40. The molecular weight excluding hydrogens is 324 g/mol. The van der Waals surface area contributed by atoms with Gasteiger partial charge in [0, 0.05) is 17.7 Å². The summed E-state index contributed by atoms with van der Waals surface area (Å²) in [6.07, 6.45) is -0.0296. The molecule has 1 aromatic heterocycles. The van der Waals surface area contributed by atoms with Gasteiger partial charge < -0.3 is 4.74 Å². The number of aromatic nitrogens is 2. The van der Waals surface area contributed by atoms with Crippen molar-refractivity contribution >= 4 is 34.0 Å². The van der Waals surface area contributed by atoms with E-state index < -0.39 is 16.8 Å². The lowest BCUT2D eigenvalue weighted by Crippen LogP contribution is -2.11. The Morgan fingerprint density at radius 1 is 1.39 bits per heavy atom. The fourth-order valence-electron chi connectivity index (χ4n) is 1.64. The number of hydrogen-bond donors (Lipinski definition) is 1. The van der Waals surface area contributed by atoms with E-state index in [1.54, 1.807) is 6.92 Å². The Labute approximate surface area is 134 Å². The molecule has 0 saturated carbocycles. The molecule has 0 aliphatic carbocycles. The van der Waals surface area contributed by atoms with Crippen molar-refractivity contribution in [2.45, 2.75) is 13.3 Å². The zero-order valence-electron chi connectivity index (χ0n) is 12.0. The van der Waals surface area contributed by atoms with Gasteiger partial charge >= 0.3 is 5.97 Å². The van der Waals surface area contributed by atoms with Crippen LogP contribution in [0.1, 0.15) is 22.3 Å². The summed E-state index contributed by atoms with van der Waals surface area (Å²) in [5, 5.41) is 21.3. The molecule has 10 heteroatoms. The molecule has 120 valence electrons. The predicted octanol–water partition coefficient (Wildman–Crippen LogP) is 1.80. The van der Waals surface area contributed by atoms with Crippen LogP contribution in [0.15, 0.2) is 24.3 Å². The highest BCUT2D eigenvalue weighted by Crippen LogP contribution is 2.18. The second-order valence-corrected chi connectivity index (χ2v) is 5.31. The lowest BCUT2D eigenvalue weighted by Gasteiger charge is -2.00. The fourth-order valence-corrected chi connectivity index (χ4v) is 2.36. The summed E-state index contributed by atoms with van der Waals surface area (Å²) in [6.45, 7) is 1.97. The normalized spacial score (nSPS) is 10.1. The highest BCUT2D eigenvalue weighted by molar-refractivity contribution is 7.15. The first-order valence-corrected chi connectivity index (χ1v) is 7.35. The molecule has 0 aliphatic heterocycles. The maximum atomic E-state index is 12.0. The molecule has 2 aromatic rings. The number of rotatable bonds is 6. The number of carbonyl (C=O) groups is 2. The molecule has 2 rings (SSSR count). The molecule has 23 heavy (non-hydrogen) atoms. The van der Waals surface area contributed by atoms with Crippen LogP contribution in [0, 0.1) is 10.1 Å². The molecule has 1 amide bonds. The first-order valence-electron chi connectivity index (χ1n) is 6.53. The largest absolute Gasteiger partial charge is 0.466 e. The molecule has 0 unspecified atom stereocenters. The van der Waals surface area contributed by atoms with Crippen molar-refractivity contribution in [3.8, 4) is 0 Å². The number of anilines is 1. The van der Waals surface area contributed by atoms with Crippen molar-refractivity contribution in [3.05, 3.63) is 45.0 Å². The molecule has 1 aromatic carbocycles. The molecule has 0 radical (unpaired) electrons. The maximum absolute atomic E-state index is 12.0. The molecule has 1 heterocycles. The van der Waals surface area contributed by atoms with Crippen molar-refractivity contribution in [1.29, 1.82) is 0 Å². The van der Waals surface area contributed by atoms with Gasteiger partial charge in [-0.2, -0.15) is 0 Å². The van der Waals surface area contributed by atoms with Gasteiger partial charge in [0.2, 0.25) is 5.13 Å². The van der Waals surface area contributed by atoms with E-state index in [-0.39, 0.29) is 29.4 Å². The number of benzene rings is 1. The smallest absolute Gasteiger partial charge is 0.312 e. The summed E-state index contributed by atoms with van der Waals surface area (Å²) in [6, 6.07) is 5.32. The van der Waals surface area contributed by atoms with Gasteiger partial charge in [0.25, 0.3) is 11.6 Å². The third kappa shape index (κ3) is 4.54. The van der Waals surface area contributed by atoms with Gasteiger partial charge in [-0.15, -0.1) is 10.2 Å². The standard InChI is InChI=1S/C13H12N4O5S/c1-2-22-11(18)7-10-15-16-13(23-10)14-12(19)8-4-3-5-9(6-8)17(20)21/h3-6H,2,7H2,1H3,(H,14,16,19). The van der Waals surface area contributed by atoms with Gasteiger partial charge in [0.05, 0.1) is 18.0 Å². The molecule has 0 bridgehead atoms. The third-order valence-electron chi connectivity index (χ3n) is 2.61. The molecular formula is C13H12N4O5S. The minimum Gasteiger partial charge on any atom is -0.466 e. The van der Waals surface area contributed by atoms with E-state index in [1.807, 2.05) is 0 Å². The fraction of sp³-hybridized carbons (Fsp3) is 0.231. The van der Waals surface area contributed by atoms with Gasteiger partial charge in [-0.05, 0) is 13.0 Å². The molecule has 0 fully saturated rings. The minimum absolute atomic E-state index is 0.0296. The quantitative estimate of drug-likeness (QED) is 0.484. The van der Waals surface area contributed by atoms with E-state index in [0.717, 1.165) is 17.4 Å². The van der Waals surface area contributed by atoms with E-state index in [4.69, 9.17) is 4.74 Å². The Bertz CT molecular complexity index is 745. The highest BCUT2D eigenvalue weighted by atomic mass is 32.1. The molecule has 0 aliphatic rings. The van der Waals surface area contributed by atoms with Gasteiger partial charge in [-0.1, -0.05) is 17.4 Å². The molecule has 0 saturated heterocycles. The number of esters is 1. The summed E-state index contributed by atoms with van der Waals surface area (Å²) in [5.74, 6) is -0.979. The number of nitro groups is 1. The van der Waals surface area contributed by atoms with E-state index in [2.05, 4.69) is 15.5 Å². The summed E-state index contributed by atoms with van der Waals surface area (Å²) in [4.78, 5) is 33.5. The van der Waals surface area contributed by atoms with Crippen LogP contribution < -0.4 is 5.32 Å². The van der Waals surface area contributed by atoms with Crippen LogP contribution in [0.4, 0.5) is 10.8 Å². The number of amides is 1. The van der Waals surface area contributed by atoms with Crippen molar-refractivity contribution in [3.63, 3.8) is 0 Å². The minimum atomic E-state index is -0.584. The molecule has 1 N–H and O–H groups in total. The second-order valence-electron chi connectivity index (χ2n) is 4.24. The average molecular weight is 336 g/mol. The predicted molar refractivity (Wildman–Crippen MR) is 81.3 cm³/mol. The van der Waals surface area contributed by atoms with E-state index in [0.29, 0.717) is 5.01 Å². The van der Waals surface area contributed by atoms with E-state index >= 15 is 0 Å². The van der Waals surface area contributed by atoms with Crippen molar-refractivity contribution in [2.75, 3.05) is 11.9 Å². The highest BCUT2D eigenvalue weighted by Gasteiger charge is 2.15. The summed E-state index contributed by atoms with van der Waals surface area (Å²) < 4.78 is 4.79. The first kappa shape index (κ1) is 16.5. The van der Waals surface area contributed by atoms with Crippen molar-refractivity contribution in [1.82, 2.24) is 10.2 Å². The van der Waals surface area contributed by atoms with Crippen LogP contribution in [0.25, 0.3) is 0 Å². The monoisotopic (exact) mass is 336 g/mol. The number of non-ortho nitro benzene ring substituents is 1. The Morgan fingerprint density at radius 2 is 2.17 bits per heavy atom. The van der Waals surface area contributed by atoms with Crippen molar-refractivity contribution in [2.24, 2.45) is 0 Å². The first-order chi connectivity index (χ1) is 11.0. The van der Waals surface area contributed by atoms with E-state index in [1.165, 1.54) is 18.2 Å². The van der Waals surface area contributed by atoms with Gasteiger partial charge in [-0.25, -0.2) is 0 Å². The summed E-state index contributed by atoms with van der Waals surface area (Å²) in [5.41, 5.74) is -0.0562. The van der Waals surface area contributed by atoms with E-state index in [9.17, 15) is 19.7 Å². The average Bonchev–Trinajstić information content (AvgIpc) is 2.94.